The highest BCUT2D eigenvalue weighted by Crippen LogP contribution is 1.96. The average molecular weight is 243 g/mol. The maximum atomic E-state index is 11.8. The molecule has 0 aromatic heterocycles. The number of carbonyl (C=O) groups is 1. The zero-order chi connectivity index (χ0) is 12.5. The third-order valence-electron chi connectivity index (χ3n) is 2.96. The van der Waals surface area contributed by atoms with E-state index >= 15 is 0 Å². The molecule has 1 unspecified atom stereocenters. The van der Waals surface area contributed by atoms with Gasteiger partial charge in [-0.25, -0.2) is 0 Å². The number of nitrogens with one attached hydrogen (secondary N) is 2. The summed E-state index contributed by atoms with van der Waals surface area (Å²) in [7, 11) is 1.68. The van der Waals surface area contributed by atoms with Gasteiger partial charge in [0, 0.05) is 32.8 Å². The van der Waals surface area contributed by atoms with Gasteiger partial charge in [0.15, 0.2) is 0 Å². The van der Waals surface area contributed by atoms with Crippen LogP contribution in [0.3, 0.4) is 0 Å². The molecule has 5 heteroatoms. The fourth-order valence-corrected chi connectivity index (χ4v) is 1.95. The standard InChI is InChI=1S/C12H25N3O2/c1-11(4-9-17-2)14-12(16)10-15-7-3-5-13-6-8-15/h11,13H,3-10H2,1-2H3,(H,14,16). The van der Waals surface area contributed by atoms with Crippen molar-refractivity contribution < 1.29 is 9.53 Å². The number of amides is 1. The minimum absolute atomic E-state index is 0.121. The zero-order valence-corrected chi connectivity index (χ0v) is 11.0. The molecule has 1 aliphatic heterocycles. The Bertz CT molecular complexity index is 216. The fraction of sp³-hybridized carbons (Fsp3) is 0.917. The van der Waals surface area contributed by atoms with E-state index in [4.69, 9.17) is 4.74 Å². The lowest BCUT2D eigenvalue weighted by Crippen LogP contribution is -2.42. The van der Waals surface area contributed by atoms with E-state index < -0.39 is 0 Å². The van der Waals surface area contributed by atoms with Crippen molar-refractivity contribution in [3.63, 3.8) is 0 Å². The highest BCUT2D eigenvalue weighted by atomic mass is 16.5. The van der Waals surface area contributed by atoms with Gasteiger partial charge in [0.05, 0.1) is 6.54 Å². The lowest BCUT2D eigenvalue weighted by Gasteiger charge is -2.20. The molecule has 17 heavy (non-hydrogen) atoms. The second-order valence-corrected chi connectivity index (χ2v) is 4.63. The van der Waals surface area contributed by atoms with E-state index in [9.17, 15) is 4.79 Å². The molecule has 0 spiro atoms. The quantitative estimate of drug-likeness (QED) is 0.680. The van der Waals surface area contributed by atoms with Crippen LogP contribution in [-0.2, 0) is 9.53 Å². The fourth-order valence-electron chi connectivity index (χ4n) is 1.95. The summed E-state index contributed by atoms with van der Waals surface area (Å²) in [5.41, 5.74) is 0. The van der Waals surface area contributed by atoms with Crippen LogP contribution in [0.25, 0.3) is 0 Å². The molecule has 0 aromatic carbocycles. The summed E-state index contributed by atoms with van der Waals surface area (Å²) < 4.78 is 4.99. The van der Waals surface area contributed by atoms with Gasteiger partial charge in [-0.05, 0) is 32.9 Å². The molecular formula is C12H25N3O2. The predicted molar refractivity (Wildman–Crippen MR) is 68.0 cm³/mol. The molecule has 0 radical (unpaired) electrons. The first kappa shape index (κ1) is 14.4. The van der Waals surface area contributed by atoms with Gasteiger partial charge in [-0.3, -0.25) is 9.69 Å². The third kappa shape index (κ3) is 6.61. The van der Waals surface area contributed by atoms with Crippen LogP contribution in [-0.4, -0.2) is 63.3 Å². The van der Waals surface area contributed by atoms with Crippen LogP contribution < -0.4 is 10.6 Å². The largest absolute Gasteiger partial charge is 0.385 e. The summed E-state index contributed by atoms with van der Waals surface area (Å²) in [5.74, 6) is 0.121. The van der Waals surface area contributed by atoms with E-state index in [1.165, 1.54) is 0 Å². The number of ether oxygens (including phenoxy) is 1. The molecule has 5 nitrogen and oxygen atoms in total. The Balaban J connectivity index is 2.18. The van der Waals surface area contributed by atoms with Gasteiger partial charge < -0.3 is 15.4 Å². The highest BCUT2D eigenvalue weighted by Gasteiger charge is 2.13. The number of rotatable bonds is 6. The second kappa shape index (κ2) is 8.44. The van der Waals surface area contributed by atoms with Gasteiger partial charge in [-0.1, -0.05) is 0 Å². The van der Waals surface area contributed by atoms with Gasteiger partial charge in [0.25, 0.3) is 0 Å². The van der Waals surface area contributed by atoms with Crippen molar-refractivity contribution in [3.05, 3.63) is 0 Å². The molecule has 0 saturated carbocycles. The molecule has 0 bridgehead atoms. The van der Waals surface area contributed by atoms with Crippen molar-refractivity contribution in [3.8, 4) is 0 Å². The lowest BCUT2D eigenvalue weighted by molar-refractivity contribution is -0.122. The van der Waals surface area contributed by atoms with Crippen LogP contribution in [0.4, 0.5) is 0 Å². The zero-order valence-electron chi connectivity index (χ0n) is 11.0. The molecule has 1 amide bonds. The number of methoxy groups -OCH3 is 1. The summed E-state index contributed by atoms with van der Waals surface area (Å²) in [5, 5.41) is 6.33. The molecule has 0 aliphatic carbocycles. The summed E-state index contributed by atoms with van der Waals surface area (Å²) in [6.07, 6.45) is 1.98. The molecule has 1 aliphatic rings. The Morgan fingerprint density at radius 1 is 1.47 bits per heavy atom. The minimum atomic E-state index is 0.121. The predicted octanol–water partition coefficient (Wildman–Crippen LogP) is -0.177. The van der Waals surface area contributed by atoms with Crippen LogP contribution in [0.5, 0.6) is 0 Å². The van der Waals surface area contributed by atoms with Gasteiger partial charge in [0.2, 0.25) is 5.91 Å². The molecule has 0 aromatic rings. The van der Waals surface area contributed by atoms with Crippen LogP contribution in [0.2, 0.25) is 0 Å². The average Bonchev–Trinajstić information content (AvgIpc) is 2.54. The molecular weight excluding hydrogens is 218 g/mol. The summed E-state index contributed by atoms with van der Waals surface area (Å²) in [6.45, 7) is 7.22. The topological polar surface area (TPSA) is 53.6 Å². The van der Waals surface area contributed by atoms with E-state index in [1.54, 1.807) is 7.11 Å². The lowest BCUT2D eigenvalue weighted by atomic mass is 10.2. The van der Waals surface area contributed by atoms with Gasteiger partial charge in [-0.2, -0.15) is 0 Å². The number of hydrogen-bond donors (Lipinski definition) is 2. The first-order chi connectivity index (χ1) is 8.22. The van der Waals surface area contributed by atoms with Gasteiger partial charge >= 0.3 is 0 Å². The van der Waals surface area contributed by atoms with Crippen LogP contribution >= 0.6 is 0 Å². The smallest absolute Gasteiger partial charge is 0.234 e. The summed E-state index contributed by atoms with van der Waals surface area (Å²) in [6, 6.07) is 0.188. The first-order valence-corrected chi connectivity index (χ1v) is 6.43. The van der Waals surface area contributed by atoms with Crippen LogP contribution in [0.15, 0.2) is 0 Å². The third-order valence-corrected chi connectivity index (χ3v) is 2.96. The maximum Gasteiger partial charge on any atom is 0.234 e. The number of hydrogen-bond acceptors (Lipinski definition) is 4. The van der Waals surface area contributed by atoms with E-state index in [1.807, 2.05) is 6.92 Å². The highest BCUT2D eigenvalue weighted by molar-refractivity contribution is 5.78. The van der Waals surface area contributed by atoms with Crippen LogP contribution in [0, 0.1) is 0 Å². The Hall–Kier alpha value is -0.650. The van der Waals surface area contributed by atoms with E-state index in [-0.39, 0.29) is 11.9 Å². The Morgan fingerprint density at radius 2 is 2.29 bits per heavy atom. The molecule has 2 N–H and O–H groups in total. The summed E-state index contributed by atoms with van der Waals surface area (Å²) in [4.78, 5) is 14.0. The minimum Gasteiger partial charge on any atom is -0.385 e. The van der Waals surface area contributed by atoms with Crippen molar-refractivity contribution in [2.45, 2.75) is 25.8 Å². The maximum absolute atomic E-state index is 11.8. The van der Waals surface area contributed by atoms with Gasteiger partial charge in [-0.15, -0.1) is 0 Å². The Kier molecular flexibility index (Phi) is 7.16. The molecule has 1 atom stereocenters. The monoisotopic (exact) mass is 243 g/mol. The second-order valence-electron chi connectivity index (χ2n) is 4.63. The normalized spacial score (nSPS) is 19.6. The van der Waals surface area contributed by atoms with Gasteiger partial charge in [0.1, 0.15) is 0 Å². The molecule has 1 rings (SSSR count). The van der Waals surface area contributed by atoms with Crippen LogP contribution in [0.1, 0.15) is 19.8 Å². The Labute approximate surface area is 104 Å². The SMILES string of the molecule is COCCC(C)NC(=O)CN1CCCNCC1. The molecule has 1 heterocycles. The van der Waals surface area contributed by atoms with E-state index in [2.05, 4.69) is 15.5 Å². The van der Waals surface area contributed by atoms with Crippen molar-refractivity contribution in [1.82, 2.24) is 15.5 Å². The van der Waals surface area contributed by atoms with Crippen molar-refractivity contribution in [2.75, 3.05) is 46.4 Å². The van der Waals surface area contributed by atoms with E-state index in [0.29, 0.717) is 13.2 Å². The van der Waals surface area contributed by atoms with Crippen molar-refractivity contribution in [2.24, 2.45) is 0 Å². The number of carbonyl (C=O) groups excluding carboxylic acids is 1. The number of nitrogens with zero attached hydrogens (tertiary/aromatic N) is 1. The van der Waals surface area contributed by atoms with Crippen molar-refractivity contribution in [1.29, 1.82) is 0 Å². The Morgan fingerprint density at radius 3 is 3.06 bits per heavy atom. The molecule has 100 valence electrons. The summed E-state index contributed by atoms with van der Waals surface area (Å²) >= 11 is 0. The van der Waals surface area contributed by atoms with Crippen molar-refractivity contribution >= 4 is 5.91 Å². The molecule has 1 saturated heterocycles. The molecule has 1 fully saturated rings. The first-order valence-electron chi connectivity index (χ1n) is 6.43. The van der Waals surface area contributed by atoms with E-state index in [0.717, 1.165) is 39.0 Å².